The van der Waals surface area contributed by atoms with E-state index in [4.69, 9.17) is 33.0 Å². The molecular formula is C26H22Cl2N4O3. The molecule has 2 aliphatic rings. The van der Waals surface area contributed by atoms with Crippen molar-refractivity contribution in [2.75, 3.05) is 30.1 Å². The Labute approximate surface area is 213 Å². The van der Waals surface area contributed by atoms with E-state index in [0.29, 0.717) is 27.0 Å². The molecule has 2 aliphatic heterocycles. The van der Waals surface area contributed by atoms with Crippen LogP contribution in [-0.4, -0.2) is 42.8 Å². The minimum Gasteiger partial charge on any atom is -0.460 e. The minimum absolute atomic E-state index is 0.0280. The Hall–Kier alpha value is -3.55. The fourth-order valence-corrected chi connectivity index (χ4v) is 4.97. The third kappa shape index (κ3) is 3.63. The fraction of sp³-hybridized carbons (Fsp3) is 0.192. The summed E-state index contributed by atoms with van der Waals surface area (Å²) < 4.78 is 5.36. The maximum atomic E-state index is 13.4. The Kier molecular flexibility index (Phi) is 5.91. The van der Waals surface area contributed by atoms with Gasteiger partial charge in [-0.05, 0) is 49.4 Å². The first-order valence-corrected chi connectivity index (χ1v) is 11.8. The maximum Gasteiger partial charge on any atom is 0.376 e. The lowest BCUT2D eigenvalue weighted by Gasteiger charge is -2.44. The van der Waals surface area contributed by atoms with Crippen molar-refractivity contribution in [3.05, 3.63) is 94.0 Å². The number of likely N-dealkylation sites (N-methyl/N-ethyl adjacent to an activating group) is 1. The molecule has 0 N–H and O–H groups in total. The van der Waals surface area contributed by atoms with E-state index in [1.807, 2.05) is 54.6 Å². The molecule has 5 rings (SSSR count). The lowest BCUT2D eigenvalue weighted by atomic mass is 9.87. The van der Waals surface area contributed by atoms with E-state index in [2.05, 4.69) is 0 Å². The number of fused-ring (bicyclic) bond motifs is 3. The van der Waals surface area contributed by atoms with Crippen molar-refractivity contribution in [3.8, 4) is 0 Å². The number of amides is 1. The average Bonchev–Trinajstić information content (AvgIpc) is 3.16. The van der Waals surface area contributed by atoms with Crippen LogP contribution in [0.15, 0.2) is 77.9 Å². The van der Waals surface area contributed by atoms with Crippen LogP contribution in [0.4, 0.5) is 11.4 Å². The second-order valence-electron chi connectivity index (χ2n) is 8.17. The summed E-state index contributed by atoms with van der Waals surface area (Å²) >= 11 is 12.7. The van der Waals surface area contributed by atoms with Gasteiger partial charge in [0.2, 0.25) is 11.7 Å². The molecule has 0 radical (unpaired) electrons. The number of hydrogen-bond donors (Lipinski definition) is 0. The largest absolute Gasteiger partial charge is 0.460 e. The van der Waals surface area contributed by atoms with Crippen molar-refractivity contribution in [1.29, 1.82) is 0 Å². The van der Waals surface area contributed by atoms with Crippen LogP contribution in [0, 0.1) is 0 Å². The highest BCUT2D eigenvalue weighted by Gasteiger charge is 2.57. The molecule has 178 valence electrons. The summed E-state index contributed by atoms with van der Waals surface area (Å²) in [5.41, 5.74) is 1.61. The van der Waals surface area contributed by atoms with Crippen LogP contribution >= 0.6 is 23.2 Å². The van der Waals surface area contributed by atoms with Crippen LogP contribution in [-0.2, 0) is 20.0 Å². The topological polar surface area (TPSA) is 65.5 Å². The van der Waals surface area contributed by atoms with Gasteiger partial charge in [-0.2, -0.15) is 0 Å². The first-order chi connectivity index (χ1) is 16.9. The van der Waals surface area contributed by atoms with Crippen molar-refractivity contribution in [2.45, 2.75) is 12.6 Å². The fourth-order valence-electron chi connectivity index (χ4n) is 4.67. The van der Waals surface area contributed by atoms with Gasteiger partial charge >= 0.3 is 5.97 Å². The zero-order valence-corrected chi connectivity index (χ0v) is 20.6. The number of rotatable bonds is 4. The van der Waals surface area contributed by atoms with Gasteiger partial charge in [-0.25, -0.2) is 9.80 Å². The molecule has 2 heterocycles. The monoisotopic (exact) mass is 508 g/mol. The first-order valence-electron chi connectivity index (χ1n) is 11.1. The SMILES string of the molecule is CCOC(=O)C1=NN(c2ccc(Cl)cc2)C2(c3ccccc3)c3cc(Cl)ccc3N(C)C(=O)CN12. The number of anilines is 2. The normalized spacial score (nSPS) is 19.1. The summed E-state index contributed by atoms with van der Waals surface area (Å²) in [7, 11) is 1.71. The molecule has 0 saturated carbocycles. The van der Waals surface area contributed by atoms with Crippen molar-refractivity contribution >= 4 is 52.3 Å². The van der Waals surface area contributed by atoms with Gasteiger partial charge in [-0.3, -0.25) is 4.79 Å². The predicted octanol–water partition coefficient (Wildman–Crippen LogP) is 4.87. The van der Waals surface area contributed by atoms with Crippen LogP contribution in [0.1, 0.15) is 18.1 Å². The molecule has 3 aromatic rings. The van der Waals surface area contributed by atoms with E-state index >= 15 is 0 Å². The molecule has 1 atom stereocenters. The number of amidine groups is 1. The molecule has 0 aromatic heterocycles. The molecule has 3 aromatic carbocycles. The van der Waals surface area contributed by atoms with Crippen LogP contribution in [0.5, 0.6) is 0 Å². The number of carbonyl (C=O) groups is 2. The van der Waals surface area contributed by atoms with E-state index in [0.717, 1.165) is 5.56 Å². The van der Waals surface area contributed by atoms with E-state index in [1.54, 1.807) is 47.0 Å². The van der Waals surface area contributed by atoms with E-state index in [9.17, 15) is 9.59 Å². The molecule has 0 fully saturated rings. The number of halogens is 2. The molecule has 7 nitrogen and oxygen atoms in total. The third-order valence-corrected chi connectivity index (χ3v) is 6.70. The lowest BCUT2D eigenvalue weighted by Crippen LogP contribution is -2.56. The van der Waals surface area contributed by atoms with Crippen LogP contribution in [0.25, 0.3) is 0 Å². The highest BCUT2D eigenvalue weighted by molar-refractivity contribution is 6.37. The van der Waals surface area contributed by atoms with E-state index in [1.165, 1.54) is 0 Å². The van der Waals surface area contributed by atoms with Gasteiger partial charge in [0.15, 0.2) is 5.66 Å². The van der Waals surface area contributed by atoms with Crippen molar-refractivity contribution in [2.24, 2.45) is 5.10 Å². The number of carbonyl (C=O) groups excluding carboxylic acids is 2. The summed E-state index contributed by atoms with van der Waals surface area (Å²) in [6.07, 6.45) is 0. The molecular weight excluding hydrogens is 487 g/mol. The third-order valence-electron chi connectivity index (χ3n) is 6.22. The van der Waals surface area contributed by atoms with Gasteiger partial charge in [0, 0.05) is 28.2 Å². The van der Waals surface area contributed by atoms with Gasteiger partial charge < -0.3 is 14.5 Å². The van der Waals surface area contributed by atoms with Crippen LogP contribution in [0.2, 0.25) is 10.0 Å². The number of ether oxygens (including phenoxy) is 1. The lowest BCUT2D eigenvalue weighted by molar-refractivity contribution is -0.136. The molecule has 0 bridgehead atoms. The van der Waals surface area contributed by atoms with Gasteiger partial charge in [0.05, 0.1) is 18.0 Å². The van der Waals surface area contributed by atoms with Crippen LogP contribution < -0.4 is 9.91 Å². The molecule has 0 aliphatic carbocycles. The Bertz CT molecular complexity index is 1330. The van der Waals surface area contributed by atoms with Gasteiger partial charge in [0.1, 0.15) is 6.54 Å². The quantitative estimate of drug-likeness (QED) is 0.470. The molecule has 0 saturated heterocycles. The predicted molar refractivity (Wildman–Crippen MR) is 137 cm³/mol. The zero-order chi connectivity index (χ0) is 24.7. The number of nitrogens with zero attached hydrogens (tertiary/aromatic N) is 4. The average molecular weight is 509 g/mol. The minimum atomic E-state index is -1.21. The Balaban J connectivity index is 1.90. The van der Waals surface area contributed by atoms with Crippen molar-refractivity contribution < 1.29 is 14.3 Å². The van der Waals surface area contributed by atoms with Crippen LogP contribution in [0.3, 0.4) is 0 Å². The summed E-state index contributed by atoms with van der Waals surface area (Å²) in [4.78, 5) is 29.9. The standard InChI is InChI=1S/C26H22Cl2N4O3/c1-3-35-25(34)24-29-32(20-12-9-18(27)10-13-20)26(17-7-5-4-6-8-17)21-15-19(28)11-14-22(21)30(2)23(33)16-31(24)26/h4-15H,3,16H2,1-2H3. The second-order valence-corrected chi connectivity index (χ2v) is 9.04. The maximum absolute atomic E-state index is 13.4. The van der Waals surface area contributed by atoms with Crippen molar-refractivity contribution in [3.63, 3.8) is 0 Å². The number of benzene rings is 3. The molecule has 0 spiro atoms. The molecule has 9 heteroatoms. The number of hydrogen-bond acceptors (Lipinski definition) is 6. The first kappa shape index (κ1) is 23.2. The smallest absolute Gasteiger partial charge is 0.376 e. The Morgan fingerprint density at radius 2 is 1.71 bits per heavy atom. The van der Waals surface area contributed by atoms with Gasteiger partial charge in [-0.15, -0.1) is 5.10 Å². The number of esters is 1. The second kappa shape index (κ2) is 8.91. The Morgan fingerprint density at radius 3 is 2.40 bits per heavy atom. The molecule has 1 unspecified atom stereocenters. The zero-order valence-electron chi connectivity index (χ0n) is 19.1. The highest BCUT2D eigenvalue weighted by atomic mass is 35.5. The van der Waals surface area contributed by atoms with Gasteiger partial charge in [0.25, 0.3) is 0 Å². The van der Waals surface area contributed by atoms with E-state index < -0.39 is 11.6 Å². The molecule has 35 heavy (non-hydrogen) atoms. The summed E-state index contributed by atoms with van der Waals surface area (Å²) in [6.45, 7) is 1.78. The Morgan fingerprint density at radius 1 is 1.03 bits per heavy atom. The van der Waals surface area contributed by atoms with Crippen molar-refractivity contribution in [1.82, 2.24) is 4.90 Å². The number of hydrazone groups is 1. The highest BCUT2D eigenvalue weighted by Crippen LogP contribution is 2.51. The van der Waals surface area contributed by atoms with E-state index in [-0.39, 0.29) is 24.9 Å². The summed E-state index contributed by atoms with van der Waals surface area (Å²) in [5, 5.41) is 7.57. The van der Waals surface area contributed by atoms with Gasteiger partial charge in [-0.1, -0.05) is 53.5 Å². The summed E-state index contributed by atoms with van der Waals surface area (Å²) in [6, 6.07) is 22.1. The summed E-state index contributed by atoms with van der Waals surface area (Å²) in [5.74, 6) is -0.799. The molecule has 1 amide bonds.